The first kappa shape index (κ1) is 21.1. The minimum absolute atomic E-state index is 0.0871. The molecule has 1 aliphatic heterocycles. The number of rotatable bonds is 4. The zero-order valence-electron chi connectivity index (χ0n) is 15.6. The number of ether oxygens (including phenoxy) is 1. The summed E-state index contributed by atoms with van der Waals surface area (Å²) in [5, 5.41) is 0.174. The van der Waals surface area contributed by atoms with Crippen LogP contribution in [0.25, 0.3) is 0 Å². The van der Waals surface area contributed by atoms with Crippen LogP contribution in [0.5, 0.6) is 5.75 Å². The molecule has 2 aromatic rings. The molecule has 1 heterocycles. The number of piperidine rings is 1. The molecule has 150 valence electrons. The highest BCUT2D eigenvalue weighted by Gasteiger charge is 2.35. The largest absolute Gasteiger partial charge is 0.426 e. The summed E-state index contributed by atoms with van der Waals surface area (Å²) in [5.74, 6) is -0.109. The molecule has 0 aliphatic carbocycles. The molecule has 0 N–H and O–H groups in total. The van der Waals surface area contributed by atoms with Crippen molar-refractivity contribution in [3.8, 4) is 5.75 Å². The van der Waals surface area contributed by atoms with E-state index < -0.39 is 10.0 Å². The van der Waals surface area contributed by atoms with Gasteiger partial charge >= 0.3 is 5.97 Å². The minimum Gasteiger partial charge on any atom is -0.426 e. The van der Waals surface area contributed by atoms with E-state index in [1.165, 1.54) is 16.4 Å². The Kier molecular flexibility index (Phi) is 6.34. The number of carbonyl (C=O) groups excluding carboxylic acids is 1. The van der Waals surface area contributed by atoms with E-state index in [-0.39, 0.29) is 39.9 Å². The van der Waals surface area contributed by atoms with Crippen LogP contribution in [-0.2, 0) is 14.8 Å². The molecule has 8 heteroatoms. The predicted octanol–water partition coefficient (Wildman–Crippen LogP) is 4.62. The number of carbonyl (C=O) groups is 1. The van der Waals surface area contributed by atoms with E-state index in [2.05, 4.69) is 0 Å². The molecule has 28 heavy (non-hydrogen) atoms. The fourth-order valence-corrected chi connectivity index (χ4v) is 5.90. The number of benzene rings is 2. The van der Waals surface area contributed by atoms with Crippen molar-refractivity contribution in [1.29, 1.82) is 0 Å². The van der Waals surface area contributed by atoms with Crippen molar-refractivity contribution in [2.24, 2.45) is 5.92 Å². The molecule has 0 aromatic heterocycles. The average molecular weight is 442 g/mol. The molecule has 0 radical (unpaired) electrons. The number of sulfonamides is 1. The summed E-state index contributed by atoms with van der Waals surface area (Å²) in [6.07, 6.45) is 0.760. The van der Waals surface area contributed by atoms with E-state index in [0.29, 0.717) is 18.6 Å². The van der Waals surface area contributed by atoms with Gasteiger partial charge in [0.2, 0.25) is 10.0 Å². The van der Waals surface area contributed by atoms with Gasteiger partial charge in [-0.3, -0.25) is 4.79 Å². The minimum atomic E-state index is -3.83. The van der Waals surface area contributed by atoms with E-state index in [9.17, 15) is 13.2 Å². The summed E-state index contributed by atoms with van der Waals surface area (Å²) in [4.78, 5) is 12.5. The predicted molar refractivity (Wildman–Crippen MR) is 109 cm³/mol. The lowest BCUT2D eigenvalue weighted by Crippen LogP contribution is -2.41. The summed E-state index contributed by atoms with van der Waals surface area (Å²) in [5.41, 5.74) is 1.78. The van der Waals surface area contributed by atoms with Crippen LogP contribution in [0.1, 0.15) is 24.0 Å². The van der Waals surface area contributed by atoms with Crippen LogP contribution in [0.2, 0.25) is 10.0 Å². The van der Waals surface area contributed by atoms with Gasteiger partial charge in [0.25, 0.3) is 0 Å². The molecule has 3 rings (SSSR count). The fraction of sp³-hybridized carbons (Fsp3) is 0.350. The first-order valence-electron chi connectivity index (χ1n) is 8.94. The molecule has 0 unspecified atom stereocenters. The van der Waals surface area contributed by atoms with Gasteiger partial charge in [-0.15, -0.1) is 0 Å². The Morgan fingerprint density at radius 1 is 1.00 bits per heavy atom. The Balaban J connectivity index is 1.70. The van der Waals surface area contributed by atoms with Crippen molar-refractivity contribution in [2.45, 2.75) is 31.6 Å². The Labute approximate surface area is 175 Å². The smallest absolute Gasteiger partial charge is 0.314 e. The summed E-state index contributed by atoms with van der Waals surface area (Å²) in [6.45, 7) is 4.18. The summed E-state index contributed by atoms with van der Waals surface area (Å²) < 4.78 is 32.8. The number of para-hydroxylation sites is 1. The standard InChI is InChI=1S/C20H21Cl2NO4S/c1-13-5-3-6-14(2)18(13)27-20(24)15-9-11-23(12-10-15)28(25,26)19-16(21)7-4-8-17(19)22/h3-8,15H,9-12H2,1-2H3. The number of hydrogen-bond donors (Lipinski definition) is 0. The summed E-state index contributed by atoms with van der Waals surface area (Å²) in [7, 11) is -3.83. The second-order valence-corrected chi connectivity index (χ2v) is 9.56. The van der Waals surface area contributed by atoms with Crippen molar-refractivity contribution in [3.63, 3.8) is 0 Å². The molecular formula is C20H21Cl2NO4S. The highest BCUT2D eigenvalue weighted by atomic mass is 35.5. The normalized spacial score (nSPS) is 16.1. The lowest BCUT2D eigenvalue weighted by atomic mass is 9.98. The van der Waals surface area contributed by atoms with Gasteiger partial charge in [-0.25, -0.2) is 8.42 Å². The quantitative estimate of drug-likeness (QED) is 0.512. The lowest BCUT2D eigenvalue weighted by molar-refractivity contribution is -0.140. The summed E-state index contributed by atoms with van der Waals surface area (Å²) in [6, 6.07) is 10.3. The molecule has 0 atom stereocenters. The molecule has 0 amide bonds. The van der Waals surface area contributed by atoms with Crippen LogP contribution in [0.3, 0.4) is 0 Å². The van der Waals surface area contributed by atoms with Crippen LogP contribution in [0, 0.1) is 19.8 Å². The molecule has 1 saturated heterocycles. The van der Waals surface area contributed by atoms with E-state index in [0.717, 1.165) is 11.1 Å². The number of hydrogen-bond acceptors (Lipinski definition) is 4. The molecule has 0 saturated carbocycles. The van der Waals surface area contributed by atoms with E-state index >= 15 is 0 Å². The van der Waals surface area contributed by atoms with Crippen LogP contribution in [0.4, 0.5) is 0 Å². The number of halogens is 2. The molecule has 0 bridgehead atoms. The number of esters is 1. The highest BCUT2D eigenvalue weighted by Crippen LogP contribution is 2.34. The third-order valence-electron chi connectivity index (χ3n) is 4.92. The number of aryl methyl sites for hydroxylation is 2. The molecule has 0 spiro atoms. The van der Waals surface area contributed by atoms with E-state index in [1.807, 2.05) is 32.0 Å². The second-order valence-electron chi connectivity index (χ2n) is 6.87. The topological polar surface area (TPSA) is 63.7 Å². The van der Waals surface area contributed by atoms with Crippen LogP contribution in [-0.4, -0.2) is 31.8 Å². The molecule has 1 aliphatic rings. The van der Waals surface area contributed by atoms with Gasteiger partial charge in [0.05, 0.1) is 16.0 Å². The Morgan fingerprint density at radius 2 is 1.50 bits per heavy atom. The maximum Gasteiger partial charge on any atom is 0.314 e. The Hall–Kier alpha value is -1.60. The van der Waals surface area contributed by atoms with Crippen LogP contribution in [0.15, 0.2) is 41.3 Å². The van der Waals surface area contributed by atoms with Gasteiger partial charge < -0.3 is 4.74 Å². The van der Waals surface area contributed by atoms with Crippen molar-refractivity contribution in [2.75, 3.05) is 13.1 Å². The number of nitrogens with zero attached hydrogens (tertiary/aromatic N) is 1. The van der Waals surface area contributed by atoms with Crippen molar-refractivity contribution >= 4 is 39.2 Å². The second kappa shape index (κ2) is 8.41. The lowest BCUT2D eigenvalue weighted by Gasteiger charge is -2.30. The van der Waals surface area contributed by atoms with Crippen molar-refractivity contribution in [1.82, 2.24) is 4.31 Å². The van der Waals surface area contributed by atoms with Crippen LogP contribution < -0.4 is 4.74 Å². The SMILES string of the molecule is Cc1cccc(C)c1OC(=O)C1CCN(S(=O)(=O)c2c(Cl)cccc2Cl)CC1. The third-order valence-corrected chi connectivity index (χ3v) is 7.77. The average Bonchev–Trinajstić information content (AvgIpc) is 2.64. The first-order chi connectivity index (χ1) is 13.2. The molecule has 5 nitrogen and oxygen atoms in total. The van der Waals surface area contributed by atoms with Crippen LogP contribution >= 0.6 is 23.2 Å². The Bertz CT molecular complexity index is 959. The van der Waals surface area contributed by atoms with Gasteiger partial charge in [0, 0.05) is 13.1 Å². The Morgan fingerprint density at radius 3 is 2.04 bits per heavy atom. The molecule has 1 fully saturated rings. The third kappa shape index (κ3) is 4.20. The van der Waals surface area contributed by atoms with Gasteiger partial charge in [-0.2, -0.15) is 4.31 Å². The van der Waals surface area contributed by atoms with Gasteiger partial charge in [-0.1, -0.05) is 47.5 Å². The van der Waals surface area contributed by atoms with E-state index in [1.54, 1.807) is 6.07 Å². The summed E-state index contributed by atoms with van der Waals surface area (Å²) >= 11 is 12.1. The van der Waals surface area contributed by atoms with Crippen molar-refractivity contribution < 1.29 is 17.9 Å². The maximum atomic E-state index is 12.9. The first-order valence-corrected chi connectivity index (χ1v) is 11.1. The molecular weight excluding hydrogens is 421 g/mol. The van der Waals surface area contributed by atoms with E-state index in [4.69, 9.17) is 27.9 Å². The maximum absolute atomic E-state index is 12.9. The van der Waals surface area contributed by atoms with Gasteiger partial charge in [-0.05, 0) is 49.9 Å². The zero-order chi connectivity index (χ0) is 20.5. The zero-order valence-corrected chi connectivity index (χ0v) is 17.9. The molecule has 2 aromatic carbocycles. The monoisotopic (exact) mass is 441 g/mol. The van der Waals surface area contributed by atoms with Crippen molar-refractivity contribution in [3.05, 3.63) is 57.6 Å². The fourth-order valence-electron chi connectivity index (χ4n) is 3.33. The highest BCUT2D eigenvalue weighted by molar-refractivity contribution is 7.89. The van der Waals surface area contributed by atoms with Gasteiger partial charge in [0.15, 0.2) is 0 Å². The van der Waals surface area contributed by atoms with Gasteiger partial charge in [0.1, 0.15) is 10.6 Å².